The first-order valence-corrected chi connectivity index (χ1v) is 10.6. The Morgan fingerprint density at radius 3 is 2.63 bits per heavy atom. The minimum absolute atomic E-state index is 0. The SMILES string of the molecule is CC(NC(=NCC(=O)N(C)C)NCCCN1CCOCC1)c1ccc(Cl)cc1Cl.I. The van der Waals surface area contributed by atoms with Crippen molar-refractivity contribution in [1.82, 2.24) is 20.4 Å². The zero-order chi connectivity index (χ0) is 21.2. The van der Waals surface area contributed by atoms with Crippen LogP contribution in [0.4, 0.5) is 0 Å². The number of hydrogen-bond acceptors (Lipinski definition) is 4. The maximum absolute atomic E-state index is 11.9. The molecule has 0 saturated carbocycles. The van der Waals surface area contributed by atoms with E-state index in [-0.39, 0.29) is 42.5 Å². The minimum Gasteiger partial charge on any atom is -0.379 e. The summed E-state index contributed by atoms with van der Waals surface area (Å²) >= 11 is 12.3. The van der Waals surface area contributed by atoms with Crippen LogP contribution in [0.3, 0.4) is 0 Å². The van der Waals surface area contributed by atoms with Gasteiger partial charge in [-0.1, -0.05) is 29.3 Å². The van der Waals surface area contributed by atoms with Gasteiger partial charge in [0.25, 0.3) is 0 Å². The van der Waals surface area contributed by atoms with E-state index in [1.54, 1.807) is 20.2 Å². The number of carbonyl (C=O) groups is 1. The molecule has 0 aromatic heterocycles. The molecule has 2 N–H and O–H groups in total. The van der Waals surface area contributed by atoms with Crippen LogP contribution in [0.25, 0.3) is 0 Å². The van der Waals surface area contributed by atoms with Crippen LogP contribution in [-0.2, 0) is 9.53 Å². The molecule has 1 aliphatic heterocycles. The molecular formula is C20H32Cl2IN5O2. The molecule has 0 radical (unpaired) electrons. The number of guanidine groups is 1. The van der Waals surface area contributed by atoms with Crippen LogP contribution in [0.1, 0.15) is 24.9 Å². The number of hydrogen-bond donors (Lipinski definition) is 2. The van der Waals surface area contributed by atoms with Crippen molar-refractivity contribution in [1.29, 1.82) is 0 Å². The lowest BCUT2D eigenvalue weighted by atomic mass is 10.1. The molecule has 1 aliphatic rings. The third-order valence-electron chi connectivity index (χ3n) is 4.70. The summed E-state index contributed by atoms with van der Waals surface area (Å²) in [5.74, 6) is 0.525. The maximum Gasteiger partial charge on any atom is 0.243 e. The van der Waals surface area contributed by atoms with Gasteiger partial charge >= 0.3 is 0 Å². The normalized spacial score (nSPS) is 15.8. The van der Waals surface area contributed by atoms with Crippen LogP contribution in [-0.4, -0.2) is 81.7 Å². The van der Waals surface area contributed by atoms with Gasteiger partial charge in [-0.25, -0.2) is 4.99 Å². The molecule has 1 unspecified atom stereocenters. The van der Waals surface area contributed by atoms with Gasteiger partial charge in [0, 0.05) is 43.8 Å². The van der Waals surface area contributed by atoms with Crippen molar-refractivity contribution in [2.45, 2.75) is 19.4 Å². The van der Waals surface area contributed by atoms with Crippen molar-refractivity contribution in [3.63, 3.8) is 0 Å². The highest BCUT2D eigenvalue weighted by Gasteiger charge is 2.14. The molecule has 1 heterocycles. The molecule has 170 valence electrons. The van der Waals surface area contributed by atoms with Gasteiger partial charge in [0.15, 0.2) is 5.96 Å². The molecule has 1 fully saturated rings. The lowest BCUT2D eigenvalue weighted by Crippen LogP contribution is -2.42. The maximum atomic E-state index is 11.9. The number of morpholine rings is 1. The molecule has 1 aromatic carbocycles. The number of benzene rings is 1. The lowest BCUT2D eigenvalue weighted by molar-refractivity contribution is -0.127. The summed E-state index contributed by atoms with van der Waals surface area (Å²) in [6, 6.07) is 5.32. The predicted octanol–water partition coefficient (Wildman–Crippen LogP) is 3.02. The summed E-state index contributed by atoms with van der Waals surface area (Å²) in [6.07, 6.45) is 0.971. The van der Waals surface area contributed by atoms with E-state index in [0.29, 0.717) is 16.0 Å². The fraction of sp³-hybridized carbons (Fsp3) is 0.600. The molecule has 0 aliphatic carbocycles. The molecule has 0 spiro atoms. The third kappa shape index (κ3) is 9.55. The van der Waals surface area contributed by atoms with Crippen LogP contribution in [0.2, 0.25) is 10.0 Å². The number of rotatable bonds is 8. The van der Waals surface area contributed by atoms with Crippen LogP contribution < -0.4 is 10.6 Å². The van der Waals surface area contributed by atoms with E-state index < -0.39 is 0 Å². The molecule has 2 rings (SSSR count). The summed E-state index contributed by atoms with van der Waals surface area (Å²) in [5, 5.41) is 7.85. The molecular weight excluding hydrogens is 540 g/mol. The number of amides is 1. The van der Waals surface area contributed by atoms with Crippen molar-refractivity contribution in [2.24, 2.45) is 4.99 Å². The first kappa shape index (κ1) is 27.2. The average Bonchev–Trinajstić information content (AvgIpc) is 2.69. The Labute approximate surface area is 206 Å². The number of carbonyl (C=O) groups excluding carboxylic acids is 1. The lowest BCUT2D eigenvalue weighted by Gasteiger charge is -2.26. The zero-order valence-corrected chi connectivity index (χ0v) is 21.6. The number of ether oxygens (including phenoxy) is 1. The summed E-state index contributed by atoms with van der Waals surface area (Å²) in [7, 11) is 3.44. The predicted molar refractivity (Wildman–Crippen MR) is 134 cm³/mol. The third-order valence-corrected chi connectivity index (χ3v) is 5.26. The summed E-state index contributed by atoms with van der Waals surface area (Å²) in [6.45, 7) is 7.37. The largest absolute Gasteiger partial charge is 0.379 e. The Kier molecular flexibility index (Phi) is 13.0. The summed E-state index contributed by atoms with van der Waals surface area (Å²) in [5.41, 5.74) is 0.915. The van der Waals surface area contributed by atoms with E-state index in [1.165, 1.54) is 4.90 Å². The second-order valence-corrected chi connectivity index (χ2v) is 8.06. The van der Waals surface area contributed by atoms with Gasteiger partial charge < -0.3 is 20.3 Å². The van der Waals surface area contributed by atoms with Crippen LogP contribution in [0, 0.1) is 0 Å². The van der Waals surface area contributed by atoms with Gasteiger partial charge in [-0.3, -0.25) is 9.69 Å². The first-order valence-electron chi connectivity index (χ1n) is 9.87. The Hall–Kier alpha value is -0.810. The van der Waals surface area contributed by atoms with Crippen LogP contribution >= 0.6 is 47.2 Å². The van der Waals surface area contributed by atoms with Gasteiger partial charge in [0.2, 0.25) is 5.91 Å². The molecule has 1 atom stereocenters. The molecule has 7 nitrogen and oxygen atoms in total. The van der Waals surface area contributed by atoms with Gasteiger partial charge in [0.05, 0.1) is 19.3 Å². The molecule has 1 amide bonds. The van der Waals surface area contributed by atoms with Gasteiger partial charge in [-0.15, -0.1) is 24.0 Å². The Morgan fingerprint density at radius 1 is 1.30 bits per heavy atom. The van der Waals surface area contributed by atoms with E-state index in [1.807, 2.05) is 19.1 Å². The second-order valence-electron chi connectivity index (χ2n) is 7.22. The van der Waals surface area contributed by atoms with Crippen LogP contribution in [0.15, 0.2) is 23.2 Å². The van der Waals surface area contributed by atoms with E-state index >= 15 is 0 Å². The number of aliphatic imine (C=N–C) groups is 1. The van der Waals surface area contributed by atoms with E-state index in [2.05, 4.69) is 20.5 Å². The van der Waals surface area contributed by atoms with Crippen molar-refractivity contribution < 1.29 is 9.53 Å². The fourth-order valence-electron chi connectivity index (χ4n) is 2.91. The molecule has 10 heteroatoms. The fourth-order valence-corrected chi connectivity index (χ4v) is 3.48. The monoisotopic (exact) mass is 571 g/mol. The number of likely N-dealkylation sites (N-methyl/N-ethyl adjacent to an activating group) is 1. The van der Waals surface area contributed by atoms with Crippen molar-refractivity contribution in [3.8, 4) is 0 Å². The number of nitrogens with zero attached hydrogens (tertiary/aromatic N) is 3. The molecule has 1 aromatic rings. The van der Waals surface area contributed by atoms with Crippen molar-refractivity contribution in [2.75, 3.05) is 60.0 Å². The standard InChI is InChI=1S/C20H31Cl2N5O2.HI/c1-15(17-6-5-16(21)13-18(17)22)25-20(24-14-19(28)26(2)3)23-7-4-8-27-9-11-29-12-10-27;/h5-6,13,15H,4,7-12,14H2,1-3H3,(H2,23,24,25);1H. The quantitative estimate of drug-likeness (QED) is 0.217. The highest BCUT2D eigenvalue weighted by Crippen LogP contribution is 2.25. The smallest absolute Gasteiger partial charge is 0.243 e. The van der Waals surface area contributed by atoms with Gasteiger partial charge in [0.1, 0.15) is 6.54 Å². The van der Waals surface area contributed by atoms with Gasteiger partial charge in [-0.2, -0.15) is 0 Å². The van der Waals surface area contributed by atoms with Gasteiger partial charge in [-0.05, 0) is 37.6 Å². The Morgan fingerprint density at radius 2 is 2.00 bits per heavy atom. The Balaban J connectivity index is 0.00000450. The average molecular weight is 572 g/mol. The number of halogens is 3. The number of nitrogens with one attached hydrogen (secondary N) is 2. The molecule has 30 heavy (non-hydrogen) atoms. The zero-order valence-electron chi connectivity index (χ0n) is 17.8. The highest BCUT2D eigenvalue weighted by molar-refractivity contribution is 14.0. The highest BCUT2D eigenvalue weighted by atomic mass is 127. The Bertz CT molecular complexity index is 700. The van der Waals surface area contributed by atoms with E-state index in [9.17, 15) is 4.79 Å². The first-order chi connectivity index (χ1) is 13.9. The molecule has 1 saturated heterocycles. The van der Waals surface area contributed by atoms with E-state index in [0.717, 1.165) is 51.4 Å². The summed E-state index contributed by atoms with van der Waals surface area (Å²) in [4.78, 5) is 20.3. The summed E-state index contributed by atoms with van der Waals surface area (Å²) < 4.78 is 5.38. The second kappa shape index (κ2) is 14.3. The van der Waals surface area contributed by atoms with Crippen molar-refractivity contribution >= 4 is 59.0 Å². The molecule has 0 bridgehead atoms. The minimum atomic E-state index is -0.0975. The topological polar surface area (TPSA) is 69.2 Å². The van der Waals surface area contributed by atoms with Crippen LogP contribution in [0.5, 0.6) is 0 Å². The van der Waals surface area contributed by atoms with Crippen molar-refractivity contribution in [3.05, 3.63) is 33.8 Å². The van der Waals surface area contributed by atoms with E-state index in [4.69, 9.17) is 27.9 Å².